The van der Waals surface area contributed by atoms with Crippen LogP contribution in [0.4, 0.5) is 0 Å². The molecule has 0 radical (unpaired) electrons. The molecular weight excluding hydrogens is 372 g/mol. The van der Waals surface area contributed by atoms with Gasteiger partial charge in [-0.05, 0) is 6.07 Å². The molecule has 1 N–H and O–H groups in total. The van der Waals surface area contributed by atoms with E-state index in [1.54, 1.807) is 23.3 Å². The number of furan rings is 1. The van der Waals surface area contributed by atoms with Crippen molar-refractivity contribution in [1.82, 2.24) is 19.2 Å². The summed E-state index contributed by atoms with van der Waals surface area (Å²) >= 11 is 1.92. The second kappa shape index (κ2) is 8.16. The Morgan fingerprint density at radius 3 is 2.65 bits per heavy atom. The summed E-state index contributed by atoms with van der Waals surface area (Å²) in [4.78, 5) is 6.62. The molecule has 0 bridgehead atoms. The van der Waals surface area contributed by atoms with Crippen LogP contribution in [0, 0.1) is 0 Å². The molecule has 0 spiro atoms. The van der Waals surface area contributed by atoms with Crippen LogP contribution in [0.1, 0.15) is 37.2 Å². The van der Waals surface area contributed by atoms with E-state index in [1.165, 1.54) is 0 Å². The lowest BCUT2D eigenvalue weighted by Gasteiger charge is -2.33. The molecule has 1 aliphatic rings. The number of hydrogen-bond acceptors (Lipinski definition) is 6. The summed E-state index contributed by atoms with van der Waals surface area (Å²) in [5.74, 6) is 3.02. The van der Waals surface area contributed by atoms with Crippen molar-refractivity contribution in [2.24, 2.45) is 7.05 Å². The molecule has 3 heterocycles. The second-order valence-corrected chi connectivity index (χ2v) is 9.71. The van der Waals surface area contributed by atoms with Crippen LogP contribution in [-0.4, -0.2) is 54.0 Å². The van der Waals surface area contributed by atoms with Gasteiger partial charge in [0.05, 0.1) is 18.6 Å². The Balaban J connectivity index is 1.76. The van der Waals surface area contributed by atoms with Crippen LogP contribution in [0.25, 0.3) is 0 Å². The number of thioether (sulfide) groups is 1. The number of imidazole rings is 1. The van der Waals surface area contributed by atoms with Crippen LogP contribution in [-0.2, 0) is 17.1 Å². The lowest BCUT2D eigenvalue weighted by Crippen LogP contribution is -2.42. The fourth-order valence-corrected chi connectivity index (χ4v) is 5.16. The first-order valence-electron chi connectivity index (χ1n) is 8.75. The summed E-state index contributed by atoms with van der Waals surface area (Å²) in [5.41, 5.74) is 0.989. The number of nitrogens with zero attached hydrogens (tertiary/aromatic N) is 3. The van der Waals surface area contributed by atoms with E-state index in [-0.39, 0.29) is 17.0 Å². The van der Waals surface area contributed by atoms with Gasteiger partial charge in [-0.25, -0.2) is 18.1 Å². The van der Waals surface area contributed by atoms with Crippen molar-refractivity contribution in [2.75, 3.05) is 31.1 Å². The van der Waals surface area contributed by atoms with E-state index in [9.17, 15) is 8.42 Å². The third-order valence-corrected chi connectivity index (χ3v) is 6.80. The zero-order valence-electron chi connectivity index (χ0n) is 15.4. The molecule has 0 saturated carbocycles. The normalized spacial score (nSPS) is 17.7. The van der Waals surface area contributed by atoms with Crippen LogP contribution >= 0.6 is 11.8 Å². The van der Waals surface area contributed by atoms with Crippen molar-refractivity contribution >= 4 is 21.8 Å². The molecule has 0 aromatic carbocycles. The van der Waals surface area contributed by atoms with Crippen molar-refractivity contribution in [1.29, 1.82) is 0 Å². The maximum atomic E-state index is 12.7. The van der Waals surface area contributed by atoms with E-state index < -0.39 is 10.0 Å². The minimum atomic E-state index is -3.66. The van der Waals surface area contributed by atoms with Crippen molar-refractivity contribution in [2.45, 2.75) is 30.8 Å². The van der Waals surface area contributed by atoms with Gasteiger partial charge in [-0.15, -0.1) is 0 Å². The van der Waals surface area contributed by atoms with Crippen LogP contribution in [0.3, 0.4) is 0 Å². The van der Waals surface area contributed by atoms with Crippen LogP contribution in [0.15, 0.2) is 34.2 Å². The van der Waals surface area contributed by atoms with Crippen molar-refractivity contribution < 1.29 is 12.8 Å². The summed E-state index contributed by atoms with van der Waals surface area (Å²) in [6.07, 6.45) is 4.89. The van der Waals surface area contributed by atoms with Crippen molar-refractivity contribution in [3.63, 3.8) is 0 Å². The van der Waals surface area contributed by atoms with Gasteiger partial charge in [0.15, 0.2) is 5.03 Å². The van der Waals surface area contributed by atoms with Gasteiger partial charge in [-0.2, -0.15) is 11.8 Å². The number of rotatable bonds is 7. The van der Waals surface area contributed by atoms with Gasteiger partial charge in [0.25, 0.3) is 10.0 Å². The highest BCUT2D eigenvalue weighted by Gasteiger charge is 2.27. The van der Waals surface area contributed by atoms with E-state index in [2.05, 4.69) is 14.6 Å². The SMILES string of the molecule is CC(C)c1nc(S(=O)(=O)NCC(c2ccoc2)N2CCSCC2)cn1C. The van der Waals surface area contributed by atoms with E-state index in [4.69, 9.17) is 4.42 Å². The zero-order valence-corrected chi connectivity index (χ0v) is 17.0. The fraction of sp³-hybridized carbons (Fsp3) is 0.588. The molecular formula is C17H26N4O3S2. The van der Waals surface area contributed by atoms with Crippen LogP contribution in [0.2, 0.25) is 0 Å². The topological polar surface area (TPSA) is 80.4 Å². The average molecular weight is 399 g/mol. The van der Waals surface area contributed by atoms with Crippen LogP contribution in [0.5, 0.6) is 0 Å². The predicted molar refractivity (Wildman–Crippen MR) is 103 cm³/mol. The van der Waals surface area contributed by atoms with Gasteiger partial charge in [0.1, 0.15) is 5.82 Å². The van der Waals surface area contributed by atoms with Gasteiger partial charge in [0, 0.05) is 55.9 Å². The molecule has 26 heavy (non-hydrogen) atoms. The predicted octanol–water partition coefficient (Wildman–Crippen LogP) is 2.20. The Hall–Kier alpha value is -1.29. The fourth-order valence-electron chi connectivity index (χ4n) is 3.19. The molecule has 1 saturated heterocycles. The number of sulfonamides is 1. The molecule has 1 atom stereocenters. The summed E-state index contributed by atoms with van der Waals surface area (Å²) in [6, 6.07) is 1.86. The maximum Gasteiger partial charge on any atom is 0.259 e. The zero-order chi connectivity index (χ0) is 18.7. The molecule has 1 fully saturated rings. The third kappa shape index (κ3) is 4.33. The Labute approximate surface area is 159 Å². The minimum Gasteiger partial charge on any atom is -0.472 e. The first-order chi connectivity index (χ1) is 12.4. The maximum absolute atomic E-state index is 12.7. The molecule has 3 rings (SSSR count). The smallest absolute Gasteiger partial charge is 0.259 e. The van der Waals surface area contributed by atoms with Gasteiger partial charge in [-0.3, -0.25) is 4.90 Å². The Bertz CT molecular complexity index is 809. The van der Waals surface area contributed by atoms with Crippen LogP contribution < -0.4 is 4.72 Å². The molecule has 1 aliphatic heterocycles. The lowest BCUT2D eigenvalue weighted by molar-refractivity contribution is 0.218. The van der Waals surface area contributed by atoms with Gasteiger partial charge in [0.2, 0.25) is 0 Å². The van der Waals surface area contributed by atoms with Gasteiger partial charge >= 0.3 is 0 Å². The largest absolute Gasteiger partial charge is 0.472 e. The Morgan fingerprint density at radius 1 is 1.35 bits per heavy atom. The number of hydrogen-bond donors (Lipinski definition) is 1. The molecule has 1 unspecified atom stereocenters. The number of aryl methyl sites for hydroxylation is 1. The highest BCUT2D eigenvalue weighted by molar-refractivity contribution is 7.99. The molecule has 0 amide bonds. The third-order valence-electron chi connectivity index (χ3n) is 4.56. The summed E-state index contributed by atoms with van der Waals surface area (Å²) in [5, 5.41) is 0.0730. The minimum absolute atomic E-state index is 0.0438. The highest BCUT2D eigenvalue weighted by atomic mass is 32.2. The molecule has 9 heteroatoms. The molecule has 144 valence electrons. The first kappa shape index (κ1) is 19.5. The van der Waals surface area contributed by atoms with E-state index in [0.29, 0.717) is 6.54 Å². The molecule has 0 aliphatic carbocycles. The number of nitrogens with one attached hydrogen (secondary N) is 1. The lowest BCUT2D eigenvalue weighted by atomic mass is 10.1. The highest BCUT2D eigenvalue weighted by Crippen LogP contribution is 2.25. The van der Waals surface area contributed by atoms with E-state index in [1.807, 2.05) is 38.7 Å². The second-order valence-electron chi connectivity index (χ2n) is 6.78. The van der Waals surface area contributed by atoms with Crippen molar-refractivity contribution in [3.05, 3.63) is 36.2 Å². The molecule has 2 aromatic heterocycles. The Morgan fingerprint density at radius 2 is 2.08 bits per heavy atom. The standard InChI is InChI=1S/C17H26N4O3S2/c1-13(2)17-19-16(11-20(17)3)26(22,23)18-10-15(14-4-7-24-12-14)21-5-8-25-9-6-21/h4,7,11-13,15,18H,5-6,8-10H2,1-3H3. The molecule has 7 nitrogen and oxygen atoms in total. The van der Waals surface area contributed by atoms with E-state index in [0.717, 1.165) is 36.0 Å². The van der Waals surface area contributed by atoms with E-state index >= 15 is 0 Å². The first-order valence-corrected chi connectivity index (χ1v) is 11.4. The quantitative estimate of drug-likeness (QED) is 0.770. The van der Waals surface area contributed by atoms with Crippen molar-refractivity contribution in [3.8, 4) is 0 Å². The number of aromatic nitrogens is 2. The van der Waals surface area contributed by atoms with Gasteiger partial charge in [-0.1, -0.05) is 13.8 Å². The average Bonchev–Trinajstić information content (AvgIpc) is 3.26. The monoisotopic (exact) mass is 398 g/mol. The van der Waals surface area contributed by atoms with Gasteiger partial charge < -0.3 is 8.98 Å². The summed E-state index contributed by atoms with van der Waals surface area (Å²) in [7, 11) is -1.84. The summed E-state index contributed by atoms with van der Waals surface area (Å²) in [6.45, 7) is 6.15. The summed E-state index contributed by atoms with van der Waals surface area (Å²) < 4.78 is 35.2. The molecule has 2 aromatic rings. The Kier molecular flexibility index (Phi) is 6.11.